The molecule has 12 aromatic rings. The smallest absolute Gasteiger partial charge is 0.0434 e. The van der Waals surface area contributed by atoms with Gasteiger partial charge in [-0.3, -0.25) is 0 Å². The molecule has 0 aliphatic carbocycles. The first-order valence-corrected chi connectivity index (χ1v) is 20.5. The third kappa shape index (κ3) is 4.80. The molecule has 0 nitrogen and oxygen atoms in total. The number of fused-ring (bicyclic) bond motifs is 8. The molecule has 12 rings (SSSR count). The predicted molar refractivity (Wildman–Crippen MR) is 249 cm³/mol. The number of benzene rings is 11. The molecule has 0 amide bonds. The van der Waals surface area contributed by atoms with Crippen molar-refractivity contribution in [2.75, 3.05) is 0 Å². The van der Waals surface area contributed by atoms with E-state index in [1.807, 2.05) is 11.3 Å². The molecule has 0 saturated carbocycles. The Labute approximate surface area is 334 Å². The Bertz CT molecular complexity index is 3450. The molecule has 1 heteroatoms. The van der Waals surface area contributed by atoms with Crippen LogP contribution in [0, 0.1) is 0 Å². The van der Waals surface area contributed by atoms with E-state index in [1.54, 1.807) is 0 Å². The van der Waals surface area contributed by atoms with Crippen molar-refractivity contribution in [2.24, 2.45) is 0 Å². The molecular formula is C56H34S. The highest BCUT2D eigenvalue weighted by molar-refractivity contribution is 7.26. The molecule has 57 heavy (non-hydrogen) atoms. The molecule has 1 aromatic heterocycles. The molecule has 1 heterocycles. The maximum absolute atomic E-state index is 2.35. The molecular weight excluding hydrogens is 705 g/mol. The van der Waals surface area contributed by atoms with E-state index in [-0.39, 0.29) is 0 Å². The Morgan fingerprint density at radius 2 is 0.632 bits per heavy atom. The van der Waals surface area contributed by atoms with Gasteiger partial charge in [-0.1, -0.05) is 200 Å². The van der Waals surface area contributed by atoms with Gasteiger partial charge < -0.3 is 0 Å². The Balaban J connectivity index is 1.17. The molecule has 0 aliphatic heterocycles. The van der Waals surface area contributed by atoms with Gasteiger partial charge in [0.2, 0.25) is 0 Å². The lowest BCUT2D eigenvalue weighted by Gasteiger charge is -2.19. The fourth-order valence-electron chi connectivity index (χ4n) is 9.74. The second-order valence-electron chi connectivity index (χ2n) is 15.0. The minimum absolute atomic E-state index is 1.24. The highest BCUT2D eigenvalue weighted by Crippen LogP contribution is 2.51. The summed E-state index contributed by atoms with van der Waals surface area (Å²) in [5.74, 6) is 0. The van der Waals surface area contributed by atoms with Crippen molar-refractivity contribution >= 4 is 85.4 Å². The molecule has 0 N–H and O–H groups in total. The summed E-state index contributed by atoms with van der Waals surface area (Å²) in [4.78, 5) is 0. The monoisotopic (exact) mass is 738 g/mol. The zero-order valence-corrected chi connectivity index (χ0v) is 31.9. The zero-order chi connectivity index (χ0) is 37.5. The van der Waals surface area contributed by atoms with Gasteiger partial charge in [0.05, 0.1) is 0 Å². The van der Waals surface area contributed by atoms with Crippen LogP contribution in [-0.4, -0.2) is 0 Å². The summed E-state index contributed by atoms with van der Waals surface area (Å²) < 4.78 is 2.62. The standard InChI is InChI=1S/C56H34S/c1-2-18-36(19-3-1)51-39-22-6-8-24-41(39)54(42-25-9-7-23-40(42)51)48-32-15-33-49-55-47(31-16-34-50(55)57-56(48)49)53-45-28-12-10-26-43(45)52(44-27-11-13-29-46(44)53)38-30-14-20-35-17-4-5-21-37(35)38/h1-34H. The number of rotatable bonds is 4. The maximum atomic E-state index is 2.35. The Hall–Kier alpha value is -7.06. The van der Waals surface area contributed by atoms with Crippen LogP contribution in [0.3, 0.4) is 0 Å². The minimum Gasteiger partial charge on any atom is -0.135 e. The van der Waals surface area contributed by atoms with Gasteiger partial charge in [0.15, 0.2) is 0 Å². The van der Waals surface area contributed by atoms with E-state index in [4.69, 9.17) is 0 Å². The van der Waals surface area contributed by atoms with Crippen molar-refractivity contribution in [1.82, 2.24) is 0 Å². The average Bonchev–Trinajstić information content (AvgIpc) is 3.67. The van der Waals surface area contributed by atoms with Gasteiger partial charge in [0, 0.05) is 25.7 Å². The first-order chi connectivity index (χ1) is 28.3. The summed E-state index contributed by atoms with van der Waals surface area (Å²) in [6, 6.07) is 76.3. The van der Waals surface area contributed by atoms with Crippen LogP contribution in [0.25, 0.3) is 119 Å². The third-order valence-corrected chi connectivity index (χ3v) is 13.2. The van der Waals surface area contributed by atoms with Crippen molar-refractivity contribution in [2.45, 2.75) is 0 Å². The van der Waals surface area contributed by atoms with E-state index in [2.05, 4.69) is 206 Å². The maximum Gasteiger partial charge on any atom is 0.0434 e. The molecule has 0 fully saturated rings. The topological polar surface area (TPSA) is 0 Å². The quantitative estimate of drug-likeness (QED) is 0.158. The van der Waals surface area contributed by atoms with Crippen LogP contribution in [0.2, 0.25) is 0 Å². The zero-order valence-electron chi connectivity index (χ0n) is 31.0. The van der Waals surface area contributed by atoms with Crippen LogP contribution < -0.4 is 0 Å². The second kappa shape index (κ2) is 12.7. The molecule has 0 unspecified atom stereocenters. The number of hydrogen-bond acceptors (Lipinski definition) is 1. The molecule has 0 atom stereocenters. The Morgan fingerprint density at radius 3 is 1.23 bits per heavy atom. The van der Waals surface area contributed by atoms with Crippen LogP contribution in [0.1, 0.15) is 0 Å². The van der Waals surface area contributed by atoms with Crippen LogP contribution in [-0.2, 0) is 0 Å². The van der Waals surface area contributed by atoms with E-state index < -0.39 is 0 Å². The third-order valence-electron chi connectivity index (χ3n) is 12.0. The minimum atomic E-state index is 1.24. The van der Waals surface area contributed by atoms with Crippen molar-refractivity contribution in [3.05, 3.63) is 206 Å². The summed E-state index contributed by atoms with van der Waals surface area (Å²) in [6.45, 7) is 0. The second-order valence-corrected chi connectivity index (χ2v) is 16.1. The molecule has 0 radical (unpaired) electrons. The fourth-order valence-corrected chi connectivity index (χ4v) is 11.0. The van der Waals surface area contributed by atoms with Gasteiger partial charge in [0.1, 0.15) is 0 Å². The van der Waals surface area contributed by atoms with Gasteiger partial charge in [-0.25, -0.2) is 0 Å². The Kier molecular flexibility index (Phi) is 7.20. The summed E-state index contributed by atoms with van der Waals surface area (Å²) in [6.07, 6.45) is 0. The predicted octanol–water partition coefficient (Wildman–Crippen LogP) is 16.5. The number of thiophene rings is 1. The molecule has 0 bridgehead atoms. The van der Waals surface area contributed by atoms with E-state index in [0.29, 0.717) is 0 Å². The lowest BCUT2D eigenvalue weighted by molar-refractivity contribution is 1.67. The summed E-state index contributed by atoms with van der Waals surface area (Å²) in [5, 5.41) is 15.4. The summed E-state index contributed by atoms with van der Waals surface area (Å²) >= 11 is 1.92. The van der Waals surface area contributed by atoms with Gasteiger partial charge >= 0.3 is 0 Å². The normalized spacial score (nSPS) is 11.9. The summed E-state index contributed by atoms with van der Waals surface area (Å²) in [7, 11) is 0. The highest BCUT2D eigenvalue weighted by Gasteiger charge is 2.23. The molecule has 0 saturated heterocycles. The van der Waals surface area contributed by atoms with Crippen LogP contribution in [0.5, 0.6) is 0 Å². The SMILES string of the molecule is c1ccc(-c2c3ccccc3c(-c3cccc4c3sc3cccc(-c5c6ccccc6c(-c6cccc7ccccc67)c6ccccc56)c34)c3ccccc23)cc1. The number of hydrogen-bond donors (Lipinski definition) is 0. The largest absolute Gasteiger partial charge is 0.135 e. The summed E-state index contributed by atoms with van der Waals surface area (Å²) in [5.41, 5.74) is 10.3. The molecule has 0 spiro atoms. The molecule has 0 aliphatic rings. The van der Waals surface area contributed by atoms with Crippen molar-refractivity contribution in [3.8, 4) is 44.5 Å². The van der Waals surface area contributed by atoms with Crippen molar-refractivity contribution < 1.29 is 0 Å². The van der Waals surface area contributed by atoms with Gasteiger partial charge in [-0.2, -0.15) is 0 Å². The molecule has 264 valence electrons. The van der Waals surface area contributed by atoms with Crippen LogP contribution >= 0.6 is 11.3 Å². The Morgan fingerprint density at radius 1 is 0.246 bits per heavy atom. The first kappa shape index (κ1) is 32.2. The average molecular weight is 739 g/mol. The lowest BCUT2D eigenvalue weighted by Crippen LogP contribution is -1.92. The van der Waals surface area contributed by atoms with E-state index in [1.165, 1.54) is 119 Å². The first-order valence-electron chi connectivity index (χ1n) is 19.7. The van der Waals surface area contributed by atoms with E-state index in [9.17, 15) is 0 Å². The van der Waals surface area contributed by atoms with Gasteiger partial charge in [0.25, 0.3) is 0 Å². The van der Waals surface area contributed by atoms with E-state index in [0.717, 1.165) is 0 Å². The molecule has 11 aromatic carbocycles. The van der Waals surface area contributed by atoms with E-state index >= 15 is 0 Å². The van der Waals surface area contributed by atoms with Gasteiger partial charge in [-0.15, -0.1) is 11.3 Å². The fraction of sp³-hybridized carbons (Fsp3) is 0. The van der Waals surface area contributed by atoms with Crippen LogP contribution in [0.4, 0.5) is 0 Å². The van der Waals surface area contributed by atoms with Gasteiger partial charge in [-0.05, 0) is 98.9 Å². The lowest BCUT2D eigenvalue weighted by atomic mass is 9.83. The van der Waals surface area contributed by atoms with Crippen molar-refractivity contribution in [3.63, 3.8) is 0 Å². The van der Waals surface area contributed by atoms with Crippen LogP contribution in [0.15, 0.2) is 206 Å². The highest BCUT2D eigenvalue weighted by atomic mass is 32.1. The van der Waals surface area contributed by atoms with Crippen molar-refractivity contribution in [1.29, 1.82) is 0 Å².